The third kappa shape index (κ3) is 53.6. The van der Waals surface area contributed by atoms with Gasteiger partial charge in [0.05, 0.1) is 0 Å². The van der Waals surface area contributed by atoms with Crippen LogP contribution in [0.15, 0.2) is 36.5 Å². The maximum Gasteiger partial charge on any atom is 0.136 e. The quantitative estimate of drug-likeness (QED) is 0.0451. The predicted molar refractivity (Wildman–Crippen MR) is 303 cm³/mol. The molecule has 3 heteroatoms. The Kier molecular flexibility index (Phi) is 56.3. The Morgan fingerprint density at radius 1 is 0.250 bits per heavy atom. The molecule has 0 aromatic rings. The van der Waals surface area contributed by atoms with Crippen molar-refractivity contribution in [3.8, 4) is 0 Å². The second-order valence-electron chi connectivity index (χ2n) is 21.5. The van der Waals surface area contributed by atoms with Gasteiger partial charge >= 0.3 is 0 Å². The number of hydrogen-bond donors (Lipinski definition) is 0. The number of allylic oxidation sites excluding steroid dienone is 6. The second kappa shape index (κ2) is 57.8. The lowest BCUT2D eigenvalue weighted by Gasteiger charge is -2.15. The molecule has 0 spiro atoms. The lowest BCUT2D eigenvalue weighted by Crippen LogP contribution is -2.22. The first-order valence-corrected chi connectivity index (χ1v) is 31.1. The molecule has 0 radical (unpaired) electrons. The molecule has 0 heterocycles. The van der Waals surface area contributed by atoms with Crippen LogP contribution < -0.4 is 0 Å². The first-order valence-electron chi connectivity index (χ1n) is 31.1. The van der Waals surface area contributed by atoms with Crippen molar-refractivity contribution in [1.82, 2.24) is 0 Å². The summed E-state index contributed by atoms with van der Waals surface area (Å²) in [7, 11) is 0. The molecule has 0 saturated carbocycles. The van der Waals surface area contributed by atoms with Gasteiger partial charge in [-0.2, -0.15) is 0 Å². The monoisotopic (exact) mass is 949 g/mol. The molecule has 0 aliphatic rings. The van der Waals surface area contributed by atoms with Crippen molar-refractivity contribution in [3.05, 3.63) is 36.5 Å². The first kappa shape index (κ1) is 66.2. The summed E-state index contributed by atoms with van der Waals surface area (Å²) in [5.41, 5.74) is 0. The molecule has 68 heavy (non-hydrogen) atoms. The van der Waals surface area contributed by atoms with Crippen molar-refractivity contribution in [2.45, 2.75) is 355 Å². The zero-order valence-electron chi connectivity index (χ0n) is 46.5. The smallest absolute Gasteiger partial charge is 0.136 e. The zero-order chi connectivity index (χ0) is 49.3. The highest BCUT2D eigenvalue weighted by atomic mass is 16.1. The standard InChI is InChI=1S/C65H120O3/c1-4-7-10-13-16-19-22-25-28-30-32-34-37-39-42-45-48-51-54-57-63(66)60-62(65(68)59-56-53-50-47-44-41-36-27-24-21-18-15-12-9-6-3)61-64(67)58-55-52-49-46-43-40-38-35-33-31-29-26-23-20-17-14-11-8-5-2/h25-29,36,62H,4-24,30-35,37-61H2,1-3H3/b28-25-,29-26-,36-27-. The molecule has 3 nitrogen and oxygen atoms in total. The molecule has 0 bridgehead atoms. The molecular formula is C65H120O3. The number of carbonyl (C=O) groups excluding carboxylic acids is 3. The van der Waals surface area contributed by atoms with E-state index in [1.807, 2.05) is 0 Å². The SMILES string of the molecule is CCCCCCCC/C=C\CCCCCCCCCCCC(=O)CC(CC(=O)CCCCCCCCCCC/C=C\CCCCCCCC)C(=O)CCCCCCC/C=C\CCCCCCCC. The van der Waals surface area contributed by atoms with Crippen molar-refractivity contribution in [2.75, 3.05) is 0 Å². The topological polar surface area (TPSA) is 51.2 Å². The van der Waals surface area contributed by atoms with Crippen LogP contribution in [0.2, 0.25) is 0 Å². The minimum absolute atomic E-state index is 0.165. The summed E-state index contributed by atoms with van der Waals surface area (Å²) < 4.78 is 0. The summed E-state index contributed by atoms with van der Waals surface area (Å²) in [4.78, 5) is 39.9. The van der Waals surface area contributed by atoms with E-state index in [-0.39, 0.29) is 30.2 Å². The van der Waals surface area contributed by atoms with Crippen molar-refractivity contribution >= 4 is 17.3 Å². The first-order chi connectivity index (χ1) is 33.5. The molecule has 0 aromatic heterocycles. The summed E-state index contributed by atoms with van der Waals surface area (Å²) in [6, 6.07) is 0. The van der Waals surface area contributed by atoms with E-state index in [0.29, 0.717) is 19.3 Å². The number of Topliss-reactive ketones (excluding diaryl/α,β-unsaturated/α-hetero) is 3. The van der Waals surface area contributed by atoms with Gasteiger partial charge in [-0.1, -0.05) is 263 Å². The predicted octanol–water partition coefficient (Wildman–Crippen LogP) is 22.3. The minimum atomic E-state index is -0.404. The Labute approximate surface area is 427 Å². The number of ketones is 3. The van der Waals surface area contributed by atoms with Crippen molar-refractivity contribution in [2.24, 2.45) is 5.92 Å². The third-order valence-corrected chi connectivity index (χ3v) is 14.5. The van der Waals surface area contributed by atoms with Crippen LogP contribution in [0.3, 0.4) is 0 Å². The van der Waals surface area contributed by atoms with Gasteiger partial charge in [-0.3, -0.25) is 14.4 Å². The van der Waals surface area contributed by atoms with Crippen LogP contribution in [0.25, 0.3) is 0 Å². The van der Waals surface area contributed by atoms with E-state index in [0.717, 1.165) is 51.4 Å². The van der Waals surface area contributed by atoms with Gasteiger partial charge in [-0.05, 0) is 96.3 Å². The summed E-state index contributed by atoms with van der Waals surface area (Å²) in [5.74, 6) is 0.152. The van der Waals surface area contributed by atoms with Gasteiger partial charge in [0.1, 0.15) is 17.3 Å². The van der Waals surface area contributed by atoms with Gasteiger partial charge in [0.2, 0.25) is 0 Å². The summed E-state index contributed by atoms with van der Waals surface area (Å²) in [6.45, 7) is 6.84. The molecule has 0 saturated heterocycles. The number of carbonyl (C=O) groups is 3. The molecule has 0 rings (SSSR count). The molecule has 398 valence electrons. The number of unbranched alkanes of at least 4 members (excludes halogenated alkanes) is 41. The van der Waals surface area contributed by atoms with Gasteiger partial charge in [-0.25, -0.2) is 0 Å². The van der Waals surface area contributed by atoms with Crippen LogP contribution in [0.1, 0.15) is 355 Å². The van der Waals surface area contributed by atoms with Crippen molar-refractivity contribution < 1.29 is 14.4 Å². The highest BCUT2D eigenvalue weighted by Gasteiger charge is 2.24. The normalized spacial score (nSPS) is 12.0. The van der Waals surface area contributed by atoms with E-state index in [1.165, 1.54) is 250 Å². The third-order valence-electron chi connectivity index (χ3n) is 14.5. The molecular weight excluding hydrogens is 829 g/mol. The van der Waals surface area contributed by atoms with Gasteiger partial charge in [0.15, 0.2) is 0 Å². The van der Waals surface area contributed by atoms with E-state index in [9.17, 15) is 14.4 Å². The Bertz CT molecular complexity index is 1070. The van der Waals surface area contributed by atoms with E-state index in [2.05, 4.69) is 57.2 Å². The molecule has 0 aliphatic carbocycles. The van der Waals surface area contributed by atoms with Gasteiger partial charge in [-0.15, -0.1) is 0 Å². The zero-order valence-corrected chi connectivity index (χ0v) is 46.5. The van der Waals surface area contributed by atoms with Gasteiger partial charge in [0, 0.05) is 38.0 Å². The lowest BCUT2D eigenvalue weighted by molar-refractivity contribution is -0.131. The lowest BCUT2D eigenvalue weighted by atomic mass is 9.87. The molecule has 0 amide bonds. The van der Waals surface area contributed by atoms with Crippen molar-refractivity contribution in [3.63, 3.8) is 0 Å². The highest BCUT2D eigenvalue weighted by Crippen LogP contribution is 2.22. The fourth-order valence-corrected chi connectivity index (χ4v) is 9.83. The van der Waals surface area contributed by atoms with Gasteiger partial charge in [0.25, 0.3) is 0 Å². The Hall–Kier alpha value is -1.77. The van der Waals surface area contributed by atoms with Crippen LogP contribution in [-0.4, -0.2) is 17.3 Å². The fourth-order valence-electron chi connectivity index (χ4n) is 9.83. The molecule has 0 aliphatic heterocycles. The van der Waals surface area contributed by atoms with E-state index >= 15 is 0 Å². The molecule has 0 unspecified atom stereocenters. The maximum atomic E-state index is 13.5. The summed E-state index contributed by atoms with van der Waals surface area (Å²) in [6.07, 6.45) is 76.4. The van der Waals surface area contributed by atoms with Crippen LogP contribution >= 0.6 is 0 Å². The summed E-state index contributed by atoms with van der Waals surface area (Å²) >= 11 is 0. The summed E-state index contributed by atoms with van der Waals surface area (Å²) in [5, 5.41) is 0. The molecule has 0 N–H and O–H groups in total. The van der Waals surface area contributed by atoms with E-state index < -0.39 is 5.92 Å². The van der Waals surface area contributed by atoms with Crippen LogP contribution in [0, 0.1) is 5.92 Å². The Morgan fingerprint density at radius 2 is 0.441 bits per heavy atom. The highest BCUT2D eigenvalue weighted by molar-refractivity contribution is 5.92. The largest absolute Gasteiger partial charge is 0.300 e. The maximum absolute atomic E-state index is 13.5. The average Bonchev–Trinajstić information content (AvgIpc) is 3.33. The molecule has 0 atom stereocenters. The van der Waals surface area contributed by atoms with E-state index in [1.54, 1.807) is 0 Å². The van der Waals surface area contributed by atoms with Gasteiger partial charge < -0.3 is 0 Å². The molecule has 0 fully saturated rings. The number of rotatable bonds is 58. The molecule has 0 aromatic carbocycles. The number of hydrogen-bond acceptors (Lipinski definition) is 3. The van der Waals surface area contributed by atoms with Crippen molar-refractivity contribution in [1.29, 1.82) is 0 Å². The van der Waals surface area contributed by atoms with E-state index in [4.69, 9.17) is 0 Å². The van der Waals surface area contributed by atoms with Crippen LogP contribution in [-0.2, 0) is 14.4 Å². The minimum Gasteiger partial charge on any atom is -0.300 e. The van der Waals surface area contributed by atoms with Crippen LogP contribution in [0.5, 0.6) is 0 Å². The Morgan fingerprint density at radius 3 is 0.676 bits per heavy atom. The Balaban J connectivity index is 4.36. The second-order valence-corrected chi connectivity index (χ2v) is 21.5. The van der Waals surface area contributed by atoms with Crippen LogP contribution in [0.4, 0.5) is 0 Å². The average molecular weight is 950 g/mol. The fraction of sp³-hybridized carbons (Fsp3) is 0.862.